The minimum atomic E-state index is -0.579. The summed E-state index contributed by atoms with van der Waals surface area (Å²) in [5.74, 6) is 0.506. The van der Waals surface area contributed by atoms with Gasteiger partial charge in [-0.05, 0) is 46.4 Å². The average molecular weight is 313 g/mol. The van der Waals surface area contributed by atoms with Crippen LogP contribution in [0.4, 0.5) is 0 Å². The van der Waals surface area contributed by atoms with Crippen molar-refractivity contribution in [2.75, 3.05) is 7.05 Å². The maximum Gasteiger partial charge on any atom is 0.261 e. The molecule has 0 bridgehead atoms. The molecule has 0 aliphatic rings. The van der Waals surface area contributed by atoms with Gasteiger partial charge in [-0.2, -0.15) is 0 Å². The van der Waals surface area contributed by atoms with Crippen molar-refractivity contribution < 1.29 is 9.53 Å². The maximum atomic E-state index is 12.2. The van der Waals surface area contributed by atoms with Gasteiger partial charge in [0.1, 0.15) is 5.75 Å². The number of hydrogen-bond donors (Lipinski definition) is 2. The van der Waals surface area contributed by atoms with Crippen LogP contribution < -0.4 is 15.4 Å². The first-order valence-corrected chi connectivity index (χ1v) is 7.59. The fourth-order valence-electron chi connectivity index (χ4n) is 1.77. The molecule has 1 unspecified atom stereocenters. The normalized spacial score (nSPS) is 12.9. The molecule has 1 aromatic carbocycles. The molecule has 21 heavy (non-hydrogen) atoms. The number of carbonyl (C=O) groups excluding carboxylic acids is 1. The van der Waals surface area contributed by atoms with Crippen molar-refractivity contribution >= 4 is 17.5 Å². The lowest BCUT2D eigenvalue weighted by Crippen LogP contribution is -2.48. The highest BCUT2D eigenvalue weighted by Gasteiger charge is 2.23. The fraction of sp³-hybridized carbons (Fsp3) is 0.562. The summed E-state index contributed by atoms with van der Waals surface area (Å²) < 4.78 is 5.79. The van der Waals surface area contributed by atoms with Gasteiger partial charge >= 0.3 is 0 Å². The quantitative estimate of drug-likeness (QED) is 0.813. The predicted molar refractivity (Wildman–Crippen MR) is 86.8 cm³/mol. The SMILES string of the molecule is CCC(C)(C)NC(=O)C(C)Oc1cccc(Cl)c1CNC. The summed E-state index contributed by atoms with van der Waals surface area (Å²) in [6.45, 7) is 8.34. The van der Waals surface area contributed by atoms with Crippen molar-refractivity contribution in [3.63, 3.8) is 0 Å². The predicted octanol–water partition coefficient (Wildman–Crippen LogP) is 3.13. The van der Waals surface area contributed by atoms with Gasteiger partial charge in [-0.25, -0.2) is 0 Å². The molecule has 0 radical (unpaired) electrons. The lowest BCUT2D eigenvalue weighted by Gasteiger charge is -2.27. The van der Waals surface area contributed by atoms with Crippen molar-refractivity contribution in [1.29, 1.82) is 0 Å². The number of benzene rings is 1. The van der Waals surface area contributed by atoms with Crippen molar-refractivity contribution in [2.45, 2.75) is 52.3 Å². The highest BCUT2D eigenvalue weighted by Crippen LogP contribution is 2.27. The second kappa shape index (κ2) is 7.66. The molecule has 5 heteroatoms. The number of ether oxygens (including phenoxy) is 1. The Morgan fingerprint density at radius 1 is 1.43 bits per heavy atom. The molecule has 118 valence electrons. The first-order valence-electron chi connectivity index (χ1n) is 7.21. The molecule has 0 aromatic heterocycles. The number of rotatable bonds is 7. The maximum absolute atomic E-state index is 12.2. The molecule has 0 fully saturated rings. The van der Waals surface area contributed by atoms with Gasteiger partial charge in [0.05, 0.1) is 0 Å². The Bertz CT molecular complexity index is 489. The van der Waals surface area contributed by atoms with E-state index in [4.69, 9.17) is 16.3 Å². The molecule has 1 amide bonds. The Morgan fingerprint density at radius 3 is 2.67 bits per heavy atom. The average Bonchev–Trinajstić information content (AvgIpc) is 2.42. The Morgan fingerprint density at radius 2 is 2.10 bits per heavy atom. The zero-order valence-electron chi connectivity index (χ0n) is 13.4. The van der Waals surface area contributed by atoms with Crippen LogP contribution in [0.3, 0.4) is 0 Å². The molecule has 0 aliphatic carbocycles. The van der Waals surface area contributed by atoms with Crippen LogP contribution >= 0.6 is 11.6 Å². The van der Waals surface area contributed by atoms with Gasteiger partial charge in [-0.15, -0.1) is 0 Å². The van der Waals surface area contributed by atoms with Crippen LogP contribution in [0, 0.1) is 0 Å². The molecule has 4 nitrogen and oxygen atoms in total. The highest BCUT2D eigenvalue weighted by molar-refractivity contribution is 6.31. The number of amides is 1. The topological polar surface area (TPSA) is 50.4 Å². The van der Waals surface area contributed by atoms with Gasteiger partial charge in [0, 0.05) is 22.7 Å². The summed E-state index contributed by atoms with van der Waals surface area (Å²) in [4.78, 5) is 12.2. The highest BCUT2D eigenvalue weighted by atomic mass is 35.5. The molecular formula is C16H25ClN2O2. The summed E-state index contributed by atoms with van der Waals surface area (Å²) in [5.41, 5.74) is 0.618. The largest absolute Gasteiger partial charge is 0.481 e. The van der Waals surface area contributed by atoms with Crippen LogP contribution in [0.15, 0.2) is 18.2 Å². The number of nitrogens with one attached hydrogen (secondary N) is 2. The van der Waals surface area contributed by atoms with Gasteiger partial charge in [0.15, 0.2) is 6.10 Å². The third-order valence-corrected chi connectivity index (χ3v) is 3.80. The number of hydrogen-bond acceptors (Lipinski definition) is 3. The molecule has 1 atom stereocenters. The van der Waals surface area contributed by atoms with E-state index in [9.17, 15) is 4.79 Å². The van der Waals surface area contributed by atoms with E-state index in [0.717, 1.165) is 12.0 Å². The lowest BCUT2D eigenvalue weighted by molar-refractivity contribution is -0.129. The zero-order valence-corrected chi connectivity index (χ0v) is 14.2. The fourth-order valence-corrected chi connectivity index (χ4v) is 2.00. The summed E-state index contributed by atoms with van der Waals surface area (Å²) in [6, 6.07) is 5.46. The molecule has 0 spiro atoms. The molecule has 2 N–H and O–H groups in total. The van der Waals surface area contributed by atoms with E-state index in [-0.39, 0.29) is 11.4 Å². The van der Waals surface area contributed by atoms with E-state index >= 15 is 0 Å². The van der Waals surface area contributed by atoms with Gasteiger partial charge < -0.3 is 15.4 Å². The van der Waals surface area contributed by atoms with E-state index in [0.29, 0.717) is 17.3 Å². The Balaban J connectivity index is 2.81. The van der Waals surface area contributed by atoms with Crippen molar-refractivity contribution in [1.82, 2.24) is 10.6 Å². The molecule has 0 saturated carbocycles. The first-order chi connectivity index (χ1) is 9.80. The van der Waals surface area contributed by atoms with E-state index in [2.05, 4.69) is 10.6 Å². The number of carbonyl (C=O) groups is 1. The van der Waals surface area contributed by atoms with Crippen LogP contribution in [0.1, 0.15) is 39.7 Å². The van der Waals surface area contributed by atoms with E-state index in [1.54, 1.807) is 6.92 Å². The van der Waals surface area contributed by atoms with Gasteiger partial charge in [0.25, 0.3) is 5.91 Å². The molecule has 0 saturated heterocycles. The van der Waals surface area contributed by atoms with Crippen LogP contribution in [-0.2, 0) is 11.3 Å². The second-order valence-corrected chi connectivity index (χ2v) is 6.14. The first kappa shape index (κ1) is 17.8. The van der Waals surface area contributed by atoms with Gasteiger partial charge in [-0.3, -0.25) is 4.79 Å². The lowest BCUT2D eigenvalue weighted by atomic mass is 10.0. The molecule has 0 heterocycles. The Hall–Kier alpha value is -1.26. The van der Waals surface area contributed by atoms with Crippen LogP contribution in [0.25, 0.3) is 0 Å². The third-order valence-electron chi connectivity index (χ3n) is 3.45. The van der Waals surface area contributed by atoms with Gasteiger partial charge in [0.2, 0.25) is 0 Å². The second-order valence-electron chi connectivity index (χ2n) is 5.73. The summed E-state index contributed by atoms with van der Waals surface area (Å²) in [5, 5.41) is 6.66. The van der Waals surface area contributed by atoms with Crippen LogP contribution in [0.5, 0.6) is 5.75 Å². The van der Waals surface area contributed by atoms with Crippen LogP contribution in [-0.4, -0.2) is 24.6 Å². The smallest absolute Gasteiger partial charge is 0.261 e. The minimum Gasteiger partial charge on any atom is -0.481 e. The summed E-state index contributed by atoms with van der Waals surface area (Å²) in [6.07, 6.45) is 0.276. The zero-order chi connectivity index (χ0) is 16.0. The summed E-state index contributed by atoms with van der Waals surface area (Å²) in [7, 11) is 1.84. The molecule has 0 aliphatic heterocycles. The molecular weight excluding hydrogens is 288 g/mol. The van der Waals surface area contributed by atoms with Crippen molar-refractivity contribution in [3.05, 3.63) is 28.8 Å². The van der Waals surface area contributed by atoms with E-state index in [1.807, 2.05) is 46.0 Å². The van der Waals surface area contributed by atoms with E-state index < -0.39 is 6.10 Å². The molecule has 1 aromatic rings. The van der Waals surface area contributed by atoms with Gasteiger partial charge in [-0.1, -0.05) is 24.6 Å². The monoisotopic (exact) mass is 312 g/mol. The van der Waals surface area contributed by atoms with Crippen molar-refractivity contribution in [3.8, 4) is 5.75 Å². The molecule has 1 rings (SSSR count). The Labute approximate surface area is 132 Å². The third kappa shape index (κ3) is 5.21. The number of halogens is 1. The summed E-state index contributed by atoms with van der Waals surface area (Å²) >= 11 is 6.18. The van der Waals surface area contributed by atoms with E-state index in [1.165, 1.54) is 0 Å². The Kier molecular flexibility index (Phi) is 6.49. The standard InChI is InChI=1S/C16H25ClN2O2/c1-6-16(3,4)19-15(20)11(2)21-14-9-7-8-13(17)12(14)10-18-5/h7-9,11,18H,6,10H2,1-5H3,(H,19,20). The van der Waals surface area contributed by atoms with Crippen molar-refractivity contribution in [2.24, 2.45) is 0 Å². The van der Waals surface area contributed by atoms with Crippen LogP contribution in [0.2, 0.25) is 5.02 Å². The minimum absolute atomic E-state index is 0.128.